The topological polar surface area (TPSA) is 44.4 Å². The molecule has 3 atom stereocenters. The lowest BCUT2D eigenvalue weighted by Crippen LogP contribution is -2.39. The first-order chi connectivity index (χ1) is 10.1. The van der Waals surface area contributed by atoms with Crippen LogP contribution in [-0.4, -0.2) is 48.6 Å². The van der Waals surface area contributed by atoms with E-state index in [9.17, 15) is 4.79 Å². The minimum absolute atomic E-state index is 0.274. The van der Waals surface area contributed by atoms with Gasteiger partial charge in [-0.1, -0.05) is 6.92 Å². The van der Waals surface area contributed by atoms with Gasteiger partial charge in [0.25, 0.3) is 0 Å². The van der Waals surface area contributed by atoms with Gasteiger partial charge in [0.15, 0.2) is 0 Å². The number of nitrogens with one attached hydrogen (secondary N) is 2. The smallest absolute Gasteiger partial charge is 0.220 e. The van der Waals surface area contributed by atoms with E-state index in [0.717, 1.165) is 38.0 Å². The number of hydrogen-bond donors (Lipinski definition) is 2. The van der Waals surface area contributed by atoms with Crippen LogP contribution in [0, 0.1) is 11.8 Å². The molecule has 3 fully saturated rings. The zero-order valence-corrected chi connectivity index (χ0v) is 13.6. The van der Waals surface area contributed by atoms with Crippen LogP contribution in [0.4, 0.5) is 0 Å². The van der Waals surface area contributed by atoms with Gasteiger partial charge in [0.2, 0.25) is 5.91 Å². The van der Waals surface area contributed by atoms with Crippen LogP contribution in [-0.2, 0) is 4.79 Å². The minimum atomic E-state index is 0.274. The van der Waals surface area contributed by atoms with Gasteiger partial charge in [-0.3, -0.25) is 9.69 Å². The van der Waals surface area contributed by atoms with E-state index < -0.39 is 0 Å². The Balaban J connectivity index is 1.41. The molecular weight excluding hydrogens is 262 g/mol. The summed E-state index contributed by atoms with van der Waals surface area (Å²) in [5.41, 5.74) is 0. The lowest BCUT2D eigenvalue weighted by molar-refractivity contribution is -0.123. The molecule has 1 saturated carbocycles. The van der Waals surface area contributed by atoms with Crippen molar-refractivity contribution in [1.29, 1.82) is 0 Å². The van der Waals surface area contributed by atoms with Gasteiger partial charge in [-0.2, -0.15) is 0 Å². The molecule has 1 amide bonds. The van der Waals surface area contributed by atoms with Crippen molar-refractivity contribution in [1.82, 2.24) is 15.5 Å². The quantitative estimate of drug-likeness (QED) is 0.812. The van der Waals surface area contributed by atoms with Gasteiger partial charge in [-0.15, -0.1) is 0 Å². The summed E-state index contributed by atoms with van der Waals surface area (Å²) in [5.74, 6) is 1.52. The number of piperidine rings is 1. The first-order valence-corrected chi connectivity index (χ1v) is 8.89. The Kier molecular flexibility index (Phi) is 4.85. The molecule has 2 heterocycles. The highest BCUT2D eigenvalue weighted by molar-refractivity contribution is 5.76. The number of likely N-dealkylation sites (tertiary alicyclic amines) is 1. The molecule has 3 aliphatic rings. The lowest BCUT2D eigenvalue weighted by atomic mass is 9.84. The highest BCUT2D eigenvalue weighted by Crippen LogP contribution is 2.33. The summed E-state index contributed by atoms with van der Waals surface area (Å²) in [6.45, 7) is 7.87. The van der Waals surface area contributed by atoms with E-state index in [1.165, 1.54) is 25.7 Å². The molecule has 3 rings (SSSR count). The van der Waals surface area contributed by atoms with Gasteiger partial charge < -0.3 is 10.6 Å². The van der Waals surface area contributed by atoms with Crippen molar-refractivity contribution in [2.45, 2.75) is 70.5 Å². The van der Waals surface area contributed by atoms with Gasteiger partial charge in [0, 0.05) is 31.1 Å². The minimum Gasteiger partial charge on any atom is -0.352 e. The van der Waals surface area contributed by atoms with Crippen LogP contribution in [0.1, 0.15) is 52.4 Å². The molecule has 2 aliphatic heterocycles. The summed E-state index contributed by atoms with van der Waals surface area (Å²) < 4.78 is 0. The summed E-state index contributed by atoms with van der Waals surface area (Å²) in [4.78, 5) is 14.9. The van der Waals surface area contributed by atoms with Crippen LogP contribution in [0.5, 0.6) is 0 Å². The first-order valence-electron chi connectivity index (χ1n) is 8.89. The molecule has 120 valence electrons. The van der Waals surface area contributed by atoms with Gasteiger partial charge >= 0.3 is 0 Å². The molecule has 1 aliphatic carbocycles. The molecule has 0 radical (unpaired) electrons. The molecule has 4 heteroatoms. The number of carbonyl (C=O) groups is 1. The summed E-state index contributed by atoms with van der Waals surface area (Å²) in [6.07, 6.45) is 7.01. The molecule has 2 saturated heterocycles. The Morgan fingerprint density at radius 2 is 2.00 bits per heavy atom. The number of rotatable bonds is 5. The molecule has 3 unspecified atom stereocenters. The lowest BCUT2D eigenvalue weighted by Gasteiger charge is -2.28. The fourth-order valence-corrected chi connectivity index (χ4v) is 4.23. The Morgan fingerprint density at radius 1 is 1.29 bits per heavy atom. The Bertz CT molecular complexity index is 363. The maximum absolute atomic E-state index is 12.3. The van der Waals surface area contributed by atoms with Crippen LogP contribution < -0.4 is 10.6 Å². The highest BCUT2D eigenvalue weighted by Gasteiger charge is 2.39. The van der Waals surface area contributed by atoms with Crippen molar-refractivity contribution in [2.75, 3.05) is 19.6 Å². The summed E-state index contributed by atoms with van der Waals surface area (Å²) >= 11 is 0. The van der Waals surface area contributed by atoms with Crippen LogP contribution in [0.3, 0.4) is 0 Å². The Hall–Kier alpha value is -0.610. The molecule has 2 N–H and O–H groups in total. The highest BCUT2D eigenvalue weighted by atomic mass is 16.1. The molecule has 0 aromatic rings. The van der Waals surface area contributed by atoms with Gasteiger partial charge in [0.05, 0.1) is 0 Å². The van der Waals surface area contributed by atoms with E-state index in [1.54, 1.807) is 0 Å². The maximum Gasteiger partial charge on any atom is 0.220 e. The molecule has 0 bridgehead atoms. The second-order valence-electron chi connectivity index (χ2n) is 7.55. The zero-order valence-electron chi connectivity index (χ0n) is 13.6. The van der Waals surface area contributed by atoms with Crippen molar-refractivity contribution in [2.24, 2.45) is 11.8 Å². The number of hydrogen-bond acceptors (Lipinski definition) is 3. The third-order valence-electron chi connectivity index (χ3n) is 5.70. The number of carbonyl (C=O) groups excluding carboxylic acids is 1. The fraction of sp³-hybridized carbons (Fsp3) is 0.941. The molecule has 0 aromatic carbocycles. The van der Waals surface area contributed by atoms with Gasteiger partial charge in [0.1, 0.15) is 0 Å². The summed E-state index contributed by atoms with van der Waals surface area (Å²) in [7, 11) is 0. The largest absolute Gasteiger partial charge is 0.352 e. The predicted molar refractivity (Wildman–Crippen MR) is 85.1 cm³/mol. The average molecular weight is 293 g/mol. The summed E-state index contributed by atoms with van der Waals surface area (Å²) in [6, 6.07) is 1.84. The van der Waals surface area contributed by atoms with Crippen molar-refractivity contribution in [3.8, 4) is 0 Å². The van der Waals surface area contributed by atoms with E-state index in [0.29, 0.717) is 24.4 Å². The van der Waals surface area contributed by atoms with Crippen molar-refractivity contribution in [3.05, 3.63) is 0 Å². The van der Waals surface area contributed by atoms with Crippen LogP contribution >= 0.6 is 0 Å². The number of amides is 1. The Labute approximate surface area is 129 Å². The van der Waals surface area contributed by atoms with Gasteiger partial charge in [-0.25, -0.2) is 0 Å². The van der Waals surface area contributed by atoms with Crippen LogP contribution in [0.2, 0.25) is 0 Å². The Morgan fingerprint density at radius 3 is 2.67 bits per heavy atom. The molecular formula is C17H31N3O. The van der Waals surface area contributed by atoms with E-state index in [2.05, 4.69) is 29.4 Å². The third kappa shape index (κ3) is 3.98. The molecule has 4 nitrogen and oxygen atoms in total. The van der Waals surface area contributed by atoms with E-state index >= 15 is 0 Å². The summed E-state index contributed by atoms with van der Waals surface area (Å²) in [5, 5.41) is 6.70. The average Bonchev–Trinajstić information content (AvgIpc) is 3.24. The third-order valence-corrected chi connectivity index (χ3v) is 5.70. The van der Waals surface area contributed by atoms with Crippen molar-refractivity contribution < 1.29 is 4.79 Å². The van der Waals surface area contributed by atoms with E-state index in [-0.39, 0.29) is 5.91 Å². The zero-order chi connectivity index (χ0) is 14.8. The first kappa shape index (κ1) is 15.3. The molecule has 0 spiro atoms. The van der Waals surface area contributed by atoms with E-state index in [4.69, 9.17) is 0 Å². The SMILES string of the molecule is CC(CC(=O)NC1CC(C)N(C2CC2)C1)C1CCNCC1. The maximum atomic E-state index is 12.3. The standard InChI is InChI=1S/C17H31N3O/c1-12(14-5-7-18-8-6-14)9-17(21)19-15-10-13(2)20(11-15)16-3-4-16/h12-16,18H,3-11H2,1-2H3,(H,19,21). The van der Waals surface area contributed by atoms with Crippen LogP contribution in [0.15, 0.2) is 0 Å². The van der Waals surface area contributed by atoms with Gasteiger partial charge in [-0.05, 0) is 64.0 Å². The normalized spacial score (nSPS) is 33.0. The fourth-order valence-electron chi connectivity index (χ4n) is 4.23. The van der Waals surface area contributed by atoms with E-state index in [1.807, 2.05) is 0 Å². The second-order valence-corrected chi connectivity index (χ2v) is 7.55. The van der Waals surface area contributed by atoms with Crippen LogP contribution in [0.25, 0.3) is 0 Å². The molecule has 21 heavy (non-hydrogen) atoms. The monoisotopic (exact) mass is 293 g/mol. The predicted octanol–water partition coefficient (Wildman–Crippen LogP) is 1.75. The van der Waals surface area contributed by atoms with Crippen molar-refractivity contribution in [3.63, 3.8) is 0 Å². The molecule has 0 aromatic heterocycles. The van der Waals surface area contributed by atoms with Crippen molar-refractivity contribution >= 4 is 5.91 Å². The number of nitrogens with zero attached hydrogens (tertiary/aromatic N) is 1. The second kappa shape index (κ2) is 6.66.